The van der Waals surface area contributed by atoms with E-state index in [0.717, 1.165) is 70.6 Å². The molecule has 0 aromatic rings. The third kappa shape index (κ3) is 39.7. The highest BCUT2D eigenvalue weighted by atomic mass is 16.7. The number of rotatable bonds is 55. The molecule has 0 aromatic carbocycles. The number of hydrogen-bond acceptors (Lipinski definition) is 13. The first-order valence-corrected chi connectivity index (χ1v) is 34.3. The van der Waals surface area contributed by atoms with E-state index < -0.39 is 86.8 Å². The Bertz CT molecular complexity index is 1750. The van der Waals surface area contributed by atoms with Crippen molar-refractivity contribution >= 4 is 5.91 Å². The number of ether oxygens (including phenoxy) is 4. The second-order valence-electron chi connectivity index (χ2n) is 23.9. The van der Waals surface area contributed by atoms with Crippen molar-refractivity contribution in [1.29, 1.82) is 0 Å². The Morgan fingerprint density at radius 2 is 0.812 bits per heavy atom. The zero-order valence-electron chi connectivity index (χ0n) is 53.3. The van der Waals surface area contributed by atoms with Crippen molar-refractivity contribution in [2.45, 2.75) is 338 Å². The molecule has 14 nitrogen and oxygen atoms in total. The molecule has 1 amide bonds. The second kappa shape index (κ2) is 55.3. The molecule has 0 bridgehead atoms. The summed E-state index contributed by atoms with van der Waals surface area (Å²) >= 11 is 0. The summed E-state index contributed by atoms with van der Waals surface area (Å²) in [5, 5.41) is 87.3. The molecular formula is C71H125NO13. The lowest BCUT2D eigenvalue weighted by molar-refractivity contribution is -0.359. The van der Waals surface area contributed by atoms with Crippen LogP contribution in [0.1, 0.15) is 264 Å². The summed E-state index contributed by atoms with van der Waals surface area (Å²) in [6, 6.07) is -0.945. The summed E-state index contributed by atoms with van der Waals surface area (Å²) in [4.78, 5) is 13.3. The van der Waals surface area contributed by atoms with Crippen molar-refractivity contribution in [3.8, 4) is 0 Å². The van der Waals surface area contributed by atoms with E-state index in [0.29, 0.717) is 6.42 Å². The van der Waals surface area contributed by atoms with E-state index >= 15 is 0 Å². The van der Waals surface area contributed by atoms with Crippen molar-refractivity contribution in [2.24, 2.45) is 0 Å². The average molecular weight is 1200 g/mol. The number of nitrogens with one attached hydrogen (secondary N) is 1. The molecule has 0 aromatic heterocycles. The van der Waals surface area contributed by atoms with Crippen LogP contribution >= 0.6 is 0 Å². The minimum atomic E-state index is -1.80. The number of carbonyl (C=O) groups excluding carboxylic acids is 1. The highest BCUT2D eigenvalue weighted by molar-refractivity contribution is 5.76. The van der Waals surface area contributed by atoms with Crippen LogP contribution in [0.25, 0.3) is 0 Å². The lowest BCUT2D eigenvalue weighted by atomic mass is 9.97. The Morgan fingerprint density at radius 3 is 1.25 bits per heavy atom. The Hall–Kier alpha value is -2.83. The molecule has 14 heteroatoms. The Kier molecular flexibility index (Phi) is 50.9. The van der Waals surface area contributed by atoms with Gasteiger partial charge in [-0.1, -0.05) is 272 Å². The molecule has 12 atom stereocenters. The first-order chi connectivity index (χ1) is 41.6. The van der Waals surface area contributed by atoms with Gasteiger partial charge >= 0.3 is 0 Å². The number of unbranched alkanes of at least 4 members (excludes halogenated alkanes) is 30. The molecule has 0 aliphatic carbocycles. The number of hydrogen-bond donors (Lipinski definition) is 9. The van der Waals surface area contributed by atoms with Crippen LogP contribution in [-0.4, -0.2) is 140 Å². The van der Waals surface area contributed by atoms with Crippen LogP contribution in [0, 0.1) is 0 Å². The Labute approximate surface area is 516 Å². The topological polar surface area (TPSA) is 228 Å². The van der Waals surface area contributed by atoms with Crippen molar-refractivity contribution in [3.05, 3.63) is 85.1 Å². The molecule has 2 aliphatic rings. The molecule has 0 radical (unpaired) electrons. The first-order valence-electron chi connectivity index (χ1n) is 34.3. The average Bonchev–Trinajstić information content (AvgIpc) is 3.69. The number of carbonyl (C=O) groups is 1. The maximum Gasteiger partial charge on any atom is 0.220 e. The van der Waals surface area contributed by atoms with E-state index in [1.54, 1.807) is 6.08 Å². The highest BCUT2D eigenvalue weighted by Crippen LogP contribution is 2.30. The SMILES string of the molecule is CC/C=C\C/C=C\C/C=C\C/C=C\C/C=C\C/C=C\CCCCC(=O)NC(COC1OC(CO)C(OC2OC(CO)C(O)C(O)C2O)C(O)C1O)C(O)/C=C/CCCCCCCCCCCCCCCCCCCCCCCCCCCCCC. The molecule has 0 saturated carbocycles. The molecule has 2 saturated heterocycles. The molecule has 2 aliphatic heterocycles. The predicted molar refractivity (Wildman–Crippen MR) is 346 cm³/mol. The van der Waals surface area contributed by atoms with E-state index in [9.17, 15) is 45.6 Å². The molecule has 2 fully saturated rings. The van der Waals surface area contributed by atoms with E-state index in [1.165, 1.54) is 167 Å². The Balaban J connectivity index is 1.71. The monoisotopic (exact) mass is 1200 g/mol. The molecule has 12 unspecified atom stereocenters. The minimum Gasteiger partial charge on any atom is -0.394 e. The number of aliphatic hydroxyl groups excluding tert-OH is 8. The van der Waals surface area contributed by atoms with Gasteiger partial charge in [0.05, 0.1) is 32.0 Å². The fourth-order valence-corrected chi connectivity index (χ4v) is 10.9. The maximum atomic E-state index is 13.3. The molecule has 0 spiro atoms. The van der Waals surface area contributed by atoms with E-state index in [1.807, 2.05) is 6.08 Å². The number of allylic oxidation sites excluding steroid dienone is 13. The van der Waals surface area contributed by atoms with Gasteiger partial charge in [-0.25, -0.2) is 0 Å². The minimum absolute atomic E-state index is 0.222. The first kappa shape index (κ1) is 78.3. The third-order valence-electron chi connectivity index (χ3n) is 16.3. The smallest absolute Gasteiger partial charge is 0.220 e. The van der Waals surface area contributed by atoms with E-state index in [2.05, 4.69) is 92.1 Å². The molecular weight excluding hydrogens is 1070 g/mol. The summed E-state index contributed by atoms with van der Waals surface area (Å²) in [7, 11) is 0. The van der Waals surface area contributed by atoms with Gasteiger partial charge in [-0.05, 0) is 70.6 Å². The van der Waals surface area contributed by atoms with Gasteiger partial charge in [-0.3, -0.25) is 4.79 Å². The largest absolute Gasteiger partial charge is 0.394 e. The molecule has 9 N–H and O–H groups in total. The highest BCUT2D eigenvalue weighted by Gasteiger charge is 2.51. The van der Waals surface area contributed by atoms with Gasteiger partial charge in [0.1, 0.15) is 48.8 Å². The fraction of sp³-hybridized carbons (Fsp3) is 0.789. The van der Waals surface area contributed by atoms with Gasteiger partial charge in [0, 0.05) is 6.42 Å². The normalized spacial score (nSPS) is 24.1. The molecule has 492 valence electrons. The quantitative estimate of drug-likeness (QED) is 0.0204. The van der Waals surface area contributed by atoms with E-state index in [-0.39, 0.29) is 18.9 Å². The van der Waals surface area contributed by atoms with Gasteiger partial charge in [0.25, 0.3) is 0 Å². The summed E-state index contributed by atoms with van der Waals surface area (Å²) in [6.45, 7) is 2.67. The third-order valence-corrected chi connectivity index (χ3v) is 16.3. The van der Waals surface area contributed by atoms with Crippen LogP contribution in [-0.2, 0) is 23.7 Å². The second-order valence-corrected chi connectivity index (χ2v) is 23.9. The fourth-order valence-electron chi connectivity index (χ4n) is 10.9. The molecule has 2 rings (SSSR count). The van der Waals surface area contributed by atoms with Gasteiger partial charge in [0.15, 0.2) is 12.6 Å². The van der Waals surface area contributed by atoms with Crippen LogP contribution in [0.2, 0.25) is 0 Å². The van der Waals surface area contributed by atoms with Crippen LogP contribution in [0.4, 0.5) is 0 Å². The summed E-state index contributed by atoms with van der Waals surface area (Å²) in [5.41, 5.74) is 0. The predicted octanol–water partition coefficient (Wildman–Crippen LogP) is 13.6. The zero-order chi connectivity index (χ0) is 61.6. The van der Waals surface area contributed by atoms with Crippen molar-refractivity contribution in [3.63, 3.8) is 0 Å². The van der Waals surface area contributed by atoms with Crippen molar-refractivity contribution < 1.29 is 64.6 Å². The van der Waals surface area contributed by atoms with Gasteiger partial charge < -0.3 is 65.1 Å². The van der Waals surface area contributed by atoms with Crippen LogP contribution in [0.3, 0.4) is 0 Å². The lowest BCUT2D eigenvalue weighted by Crippen LogP contribution is -2.65. The number of aliphatic hydroxyl groups is 8. The maximum absolute atomic E-state index is 13.3. The summed E-state index contributed by atoms with van der Waals surface area (Å²) in [6.07, 6.45) is 59.3. The van der Waals surface area contributed by atoms with Gasteiger partial charge in [0.2, 0.25) is 5.91 Å². The summed E-state index contributed by atoms with van der Waals surface area (Å²) in [5.74, 6) is -0.282. The molecule has 2 heterocycles. The van der Waals surface area contributed by atoms with E-state index in [4.69, 9.17) is 18.9 Å². The van der Waals surface area contributed by atoms with Crippen LogP contribution in [0.5, 0.6) is 0 Å². The van der Waals surface area contributed by atoms with Gasteiger partial charge in [-0.2, -0.15) is 0 Å². The van der Waals surface area contributed by atoms with Crippen molar-refractivity contribution in [2.75, 3.05) is 19.8 Å². The van der Waals surface area contributed by atoms with Gasteiger partial charge in [-0.15, -0.1) is 0 Å². The van der Waals surface area contributed by atoms with Crippen molar-refractivity contribution in [1.82, 2.24) is 5.32 Å². The van der Waals surface area contributed by atoms with Crippen LogP contribution < -0.4 is 5.32 Å². The molecule has 85 heavy (non-hydrogen) atoms. The zero-order valence-corrected chi connectivity index (χ0v) is 53.3. The van der Waals surface area contributed by atoms with Crippen LogP contribution in [0.15, 0.2) is 85.1 Å². The Morgan fingerprint density at radius 1 is 0.435 bits per heavy atom. The number of amides is 1. The summed E-state index contributed by atoms with van der Waals surface area (Å²) < 4.78 is 22.8. The lowest BCUT2D eigenvalue weighted by Gasteiger charge is -2.46. The standard InChI is InChI=1S/C71H125NO13/c1-3-5-7-9-11-13-15-17-19-21-23-25-26-27-28-29-30-31-32-33-35-36-38-40-42-44-46-48-50-52-54-60(75)59(58-82-70-68(81)66(79)69(62(57-74)84-70)85-71-67(80)65(78)64(77)61(56-73)83-71)72-63(76)55-53-51-49-47-45-43-41-39-37-34-24-22-20-18-16-14-12-10-8-6-4-2/h6,8,12,14,18,20,24,34,39,41,45,47,52,54,59-62,64-71,73-75,77-81H,3-5,7,9-11,13,15-17,19,21-23,25-33,35-38,40,42-44,46,48-51,53,55-58H2,1-2H3,(H,72,76)/b8-6-,14-12-,20-18-,34-24-,41-39-,47-45-,54-52+.